The molecule has 1 aromatic carbocycles. The van der Waals surface area contributed by atoms with Gasteiger partial charge in [0.15, 0.2) is 6.19 Å². The Hall–Kier alpha value is -1.49. The van der Waals surface area contributed by atoms with E-state index in [4.69, 9.17) is 5.26 Å². The van der Waals surface area contributed by atoms with E-state index < -0.39 is 0 Å². The van der Waals surface area contributed by atoms with E-state index in [1.54, 1.807) is 4.90 Å². The number of aryl methyl sites for hydroxylation is 1. The van der Waals surface area contributed by atoms with Gasteiger partial charge < -0.3 is 0 Å². The van der Waals surface area contributed by atoms with Gasteiger partial charge in [0.1, 0.15) is 0 Å². The zero-order chi connectivity index (χ0) is 15.3. The lowest BCUT2D eigenvalue weighted by molar-refractivity contribution is 0.575. The number of nitriles is 1. The van der Waals surface area contributed by atoms with E-state index >= 15 is 0 Å². The first-order valence-corrected chi connectivity index (χ1v) is 8.58. The molecule has 0 saturated heterocycles. The van der Waals surface area contributed by atoms with Crippen molar-refractivity contribution in [2.24, 2.45) is 0 Å². The van der Waals surface area contributed by atoms with Crippen molar-refractivity contribution in [3.8, 4) is 6.19 Å². The molecule has 1 aromatic rings. The second-order valence-electron chi connectivity index (χ2n) is 5.74. The topological polar surface area (TPSA) is 27.0 Å². The van der Waals surface area contributed by atoms with Crippen LogP contribution in [0.1, 0.15) is 70.8 Å². The molecular weight excluding hydrogens is 256 g/mol. The van der Waals surface area contributed by atoms with Gasteiger partial charge in [0.25, 0.3) is 0 Å². The van der Waals surface area contributed by atoms with Gasteiger partial charge in [-0.05, 0) is 37.5 Å². The second-order valence-corrected chi connectivity index (χ2v) is 5.74. The van der Waals surface area contributed by atoms with Crippen LogP contribution in [0.25, 0.3) is 0 Å². The van der Waals surface area contributed by atoms with Crippen molar-refractivity contribution in [1.82, 2.24) is 0 Å². The van der Waals surface area contributed by atoms with Crippen molar-refractivity contribution >= 4 is 5.69 Å². The van der Waals surface area contributed by atoms with Crippen molar-refractivity contribution in [1.29, 1.82) is 5.26 Å². The van der Waals surface area contributed by atoms with Crippen LogP contribution < -0.4 is 4.90 Å². The minimum atomic E-state index is 0.730. The average molecular weight is 286 g/mol. The van der Waals surface area contributed by atoms with Crippen LogP contribution in [-0.2, 0) is 6.42 Å². The predicted octanol–water partition coefficient (Wildman–Crippen LogP) is 5.68. The molecule has 0 saturated carbocycles. The third kappa shape index (κ3) is 7.18. The first-order chi connectivity index (χ1) is 10.3. The van der Waals surface area contributed by atoms with E-state index in [0.29, 0.717) is 0 Å². The van der Waals surface area contributed by atoms with Crippen molar-refractivity contribution in [2.45, 2.75) is 71.6 Å². The van der Waals surface area contributed by atoms with Gasteiger partial charge in [0.05, 0.1) is 5.69 Å². The van der Waals surface area contributed by atoms with Crippen LogP contribution in [-0.4, -0.2) is 6.54 Å². The summed E-state index contributed by atoms with van der Waals surface area (Å²) in [7, 11) is 0. The zero-order valence-corrected chi connectivity index (χ0v) is 13.8. The molecule has 0 aromatic heterocycles. The Bertz CT molecular complexity index is 403. The largest absolute Gasteiger partial charge is 0.280 e. The van der Waals surface area contributed by atoms with Gasteiger partial charge in [0, 0.05) is 6.54 Å². The van der Waals surface area contributed by atoms with Crippen LogP contribution >= 0.6 is 0 Å². The summed E-state index contributed by atoms with van der Waals surface area (Å²) >= 11 is 0. The number of nitrogens with zero attached hydrogens (tertiary/aromatic N) is 2. The normalized spacial score (nSPS) is 10.3. The number of hydrogen-bond acceptors (Lipinski definition) is 2. The first-order valence-electron chi connectivity index (χ1n) is 8.58. The standard InChI is InChI=1S/C19H30N2/c1-3-5-6-7-8-9-10-11-12-18-13-15-19(16-14-18)21(4-2)17-20/h13-16H,3-12H2,1-2H3. The molecule has 1 rings (SSSR count). The molecule has 0 fully saturated rings. The predicted molar refractivity (Wildman–Crippen MR) is 91.4 cm³/mol. The molecule has 0 aliphatic carbocycles. The number of hydrogen-bond donors (Lipinski definition) is 0. The highest BCUT2D eigenvalue weighted by molar-refractivity contribution is 5.50. The van der Waals surface area contributed by atoms with E-state index in [1.165, 1.54) is 56.9 Å². The summed E-state index contributed by atoms with van der Waals surface area (Å²) in [5, 5.41) is 9.00. The monoisotopic (exact) mass is 286 g/mol. The molecule has 0 heterocycles. The Balaban J connectivity index is 2.17. The quantitative estimate of drug-likeness (QED) is 0.297. The number of anilines is 1. The van der Waals surface area contributed by atoms with Crippen molar-refractivity contribution in [3.63, 3.8) is 0 Å². The van der Waals surface area contributed by atoms with Crippen LogP contribution in [0, 0.1) is 11.5 Å². The molecule has 0 amide bonds. The van der Waals surface area contributed by atoms with Gasteiger partial charge in [-0.25, -0.2) is 0 Å². The summed E-state index contributed by atoms with van der Waals surface area (Å²) in [5.74, 6) is 0. The van der Waals surface area contributed by atoms with Crippen molar-refractivity contribution in [2.75, 3.05) is 11.4 Å². The van der Waals surface area contributed by atoms with Crippen LogP contribution in [0.15, 0.2) is 24.3 Å². The summed E-state index contributed by atoms with van der Waals surface area (Å²) in [6.45, 7) is 4.99. The van der Waals surface area contributed by atoms with Crippen molar-refractivity contribution < 1.29 is 0 Å². The van der Waals surface area contributed by atoms with Crippen LogP contribution in [0.2, 0.25) is 0 Å². The van der Waals surface area contributed by atoms with Gasteiger partial charge in [-0.2, -0.15) is 5.26 Å². The van der Waals surface area contributed by atoms with Gasteiger partial charge in [-0.15, -0.1) is 0 Å². The highest BCUT2D eigenvalue weighted by Crippen LogP contribution is 2.16. The second kappa shape index (κ2) is 11.2. The van der Waals surface area contributed by atoms with Crippen LogP contribution in [0.3, 0.4) is 0 Å². The average Bonchev–Trinajstić information content (AvgIpc) is 2.52. The Morgan fingerprint density at radius 1 is 0.857 bits per heavy atom. The van der Waals surface area contributed by atoms with Crippen molar-refractivity contribution in [3.05, 3.63) is 29.8 Å². The van der Waals surface area contributed by atoms with Crippen LogP contribution in [0.4, 0.5) is 5.69 Å². The number of benzene rings is 1. The van der Waals surface area contributed by atoms with Gasteiger partial charge in [0.2, 0.25) is 0 Å². The minimum Gasteiger partial charge on any atom is -0.280 e. The molecule has 0 spiro atoms. The maximum Gasteiger partial charge on any atom is 0.184 e. The summed E-state index contributed by atoms with van der Waals surface area (Å²) in [4.78, 5) is 1.71. The fourth-order valence-electron chi connectivity index (χ4n) is 2.62. The molecule has 0 aliphatic rings. The lowest BCUT2D eigenvalue weighted by Gasteiger charge is -2.13. The Kier molecular flexibility index (Phi) is 9.37. The van der Waals surface area contributed by atoms with Crippen LogP contribution in [0.5, 0.6) is 0 Å². The fraction of sp³-hybridized carbons (Fsp3) is 0.632. The molecule has 0 bridgehead atoms. The van der Waals surface area contributed by atoms with E-state index in [9.17, 15) is 0 Å². The Morgan fingerprint density at radius 3 is 1.95 bits per heavy atom. The molecule has 0 unspecified atom stereocenters. The maximum absolute atomic E-state index is 9.00. The number of unbranched alkanes of at least 4 members (excludes halogenated alkanes) is 7. The third-order valence-electron chi connectivity index (χ3n) is 4.00. The number of rotatable bonds is 11. The first kappa shape index (κ1) is 17.6. The molecule has 116 valence electrons. The lowest BCUT2D eigenvalue weighted by atomic mass is 10.0. The summed E-state index contributed by atoms with van der Waals surface area (Å²) in [5.41, 5.74) is 2.39. The summed E-state index contributed by atoms with van der Waals surface area (Å²) in [6.07, 6.45) is 14.3. The van der Waals surface area contributed by atoms with E-state index in [0.717, 1.165) is 18.7 Å². The Labute approximate surface area is 130 Å². The molecule has 0 N–H and O–H groups in total. The molecular formula is C19H30N2. The third-order valence-corrected chi connectivity index (χ3v) is 4.00. The fourth-order valence-corrected chi connectivity index (χ4v) is 2.62. The molecule has 2 heteroatoms. The SMILES string of the molecule is CCCCCCCCCCc1ccc(N(C#N)CC)cc1. The molecule has 0 aliphatic heterocycles. The Morgan fingerprint density at radius 2 is 1.43 bits per heavy atom. The maximum atomic E-state index is 9.00. The minimum absolute atomic E-state index is 0.730. The molecule has 21 heavy (non-hydrogen) atoms. The highest BCUT2D eigenvalue weighted by atomic mass is 15.1. The molecule has 0 atom stereocenters. The van der Waals surface area contributed by atoms with Gasteiger partial charge >= 0.3 is 0 Å². The van der Waals surface area contributed by atoms with Gasteiger partial charge in [-0.1, -0.05) is 64.0 Å². The molecule has 2 nitrogen and oxygen atoms in total. The van der Waals surface area contributed by atoms with E-state index in [2.05, 4.69) is 37.4 Å². The highest BCUT2D eigenvalue weighted by Gasteiger charge is 2.02. The lowest BCUT2D eigenvalue weighted by Crippen LogP contribution is -2.14. The summed E-state index contributed by atoms with van der Waals surface area (Å²) in [6, 6.07) is 8.45. The smallest absolute Gasteiger partial charge is 0.184 e. The van der Waals surface area contributed by atoms with Gasteiger partial charge in [-0.3, -0.25) is 4.90 Å². The molecule has 0 radical (unpaired) electrons. The van der Waals surface area contributed by atoms with E-state index in [-0.39, 0.29) is 0 Å². The van der Waals surface area contributed by atoms with E-state index in [1.807, 2.05) is 6.92 Å². The zero-order valence-electron chi connectivity index (χ0n) is 13.8. The summed E-state index contributed by atoms with van der Waals surface area (Å²) < 4.78 is 0.